The second-order valence-corrected chi connectivity index (χ2v) is 5.62. The lowest BCUT2D eigenvalue weighted by Gasteiger charge is -2.12. The zero-order valence-electron chi connectivity index (χ0n) is 14.6. The van der Waals surface area contributed by atoms with E-state index in [4.69, 9.17) is 13.9 Å². The molecule has 3 rings (SSSR count). The first-order chi connectivity index (χ1) is 12.6. The van der Waals surface area contributed by atoms with Crippen molar-refractivity contribution in [3.8, 4) is 11.5 Å². The van der Waals surface area contributed by atoms with Crippen LogP contribution in [-0.4, -0.2) is 19.6 Å². The smallest absolute Gasteiger partial charge is 0.349 e. The highest BCUT2D eigenvalue weighted by Crippen LogP contribution is 2.26. The maximum Gasteiger partial charge on any atom is 0.349 e. The van der Waals surface area contributed by atoms with Crippen molar-refractivity contribution in [2.75, 3.05) is 19.0 Å². The zero-order chi connectivity index (χ0) is 18.5. The Bertz CT molecular complexity index is 993. The van der Waals surface area contributed by atoms with Gasteiger partial charge in [0.2, 0.25) is 0 Å². The molecule has 1 heterocycles. The van der Waals surface area contributed by atoms with E-state index in [0.717, 1.165) is 6.42 Å². The van der Waals surface area contributed by atoms with E-state index in [9.17, 15) is 9.59 Å². The lowest BCUT2D eigenvalue weighted by molar-refractivity contribution is 0.102. The molecule has 6 nitrogen and oxygen atoms in total. The number of hydrogen-bond acceptors (Lipinski definition) is 5. The molecule has 0 saturated carbocycles. The van der Waals surface area contributed by atoms with Crippen LogP contribution >= 0.6 is 0 Å². The minimum atomic E-state index is -0.730. The van der Waals surface area contributed by atoms with Gasteiger partial charge in [-0.2, -0.15) is 0 Å². The standard InChI is InChI=1S/C20H19NO5/c1-3-11-25-16-9-5-4-8-15(16)21-19(22)14-12-13-7-6-10-17(24-2)18(13)26-20(14)23/h4-10,12H,3,11H2,1-2H3,(H,21,22). The summed E-state index contributed by atoms with van der Waals surface area (Å²) in [5.74, 6) is 0.426. The van der Waals surface area contributed by atoms with E-state index < -0.39 is 11.5 Å². The minimum absolute atomic E-state index is 0.0870. The Morgan fingerprint density at radius 1 is 1.12 bits per heavy atom. The molecular formula is C20H19NO5. The second kappa shape index (κ2) is 7.74. The molecule has 6 heteroatoms. The number of anilines is 1. The zero-order valence-corrected chi connectivity index (χ0v) is 14.6. The molecule has 26 heavy (non-hydrogen) atoms. The molecule has 0 fully saturated rings. The van der Waals surface area contributed by atoms with Crippen LogP contribution in [0.4, 0.5) is 5.69 Å². The number of methoxy groups -OCH3 is 1. The van der Waals surface area contributed by atoms with Crippen LogP contribution in [0.25, 0.3) is 11.0 Å². The van der Waals surface area contributed by atoms with Crippen molar-refractivity contribution in [2.45, 2.75) is 13.3 Å². The van der Waals surface area contributed by atoms with Crippen molar-refractivity contribution in [1.82, 2.24) is 0 Å². The predicted molar refractivity (Wildman–Crippen MR) is 99.2 cm³/mol. The molecule has 1 N–H and O–H groups in total. The summed E-state index contributed by atoms with van der Waals surface area (Å²) >= 11 is 0. The number of nitrogens with one attached hydrogen (secondary N) is 1. The van der Waals surface area contributed by atoms with Gasteiger partial charge in [0, 0.05) is 5.39 Å². The summed E-state index contributed by atoms with van der Waals surface area (Å²) in [5.41, 5.74) is -0.0122. The molecule has 0 unspecified atom stereocenters. The normalized spacial score (nSPS) is 10.5. The third-order valence-corrected chi connectivity index (χ3v) is 3.79. The molecule has 0 spiro atoms. The van der Waals surface area contributed by atoms with Crippen molar-refractivity contribution < 1.29 is 18.7 Å². The van der Waals surface area contributed by atoms with Gasteiger partial charge < -0.3 is 19.2 Å². The minimum Gasteiger partial charge on any atom is -0.493 e. The molecule has 134 valence electrons. The number of benzene rings is 2. The summed E-state index contributed by atoms with van der Waals surface area (Å²) in [5, 5.41) is 3.32. The van der Waals surface area contributed by atoms with Crippen molar-refractivity contribution in [1.29, 1.82) is 0 Å². The van der Waals surface area contributed by atoms with Crippen LogP contribution in [0.1, 0.15) is 23.7 Å². The van der Waals surface area contributed by atoms with Gasteiger partial charge in [-0.3, -0.25) is 4.79 Å². The highest BCUT2D eigenvalue weighted by molar-refractivity contribution is 6.06. The summed E-state index contributed by atoms with van der Waals surface area (Å²) in [6.45, 7) is 2.53. The van der Waals surface area contributed by atoms with Gasteiger partial charge in [0.1, 0.15) is 11.3 Å². The number of fused-ring (bicyclic) bond motifs is 1. The largest absolute Gasteiger partial charge is 0.493 e. The molecule has 0 aliphatic heterocycles. The van der Waals surface area contributed by atoms with Crippen LogP contribution in [0.15, 0.2) is 57.7 Å². The topological polar surface area (TPSA) is 77.8 Å². The maximum absolute atomic E-state index is 12.6. The highest BCUT2D eigenvalue weighted by atomic mass is 16.5. The Kier molecular flexibility index (Phi) is 5.22. The Morgan fingerprint density at radius 3 is 2.65 bits per heavy atom. The number of para-hydroxylation sites is 3. The quantitative estimate of drug-likeness (QED) is 0.681. The second-order valence-electron chi connectivity index (χ2n) is 5.62. The van der Waals surface area contributed by atoms with Crippen LogP contribution in [0.3, 0.4) is 0 Å². The van der Waals surface area contributed by atoms with Gasteiger partial charge in [0.05, 0.1) is 19.4 Å². The molecule has 1 aromatic heterocycles. The molecule has 0 aliphatic carbocycles. The number of ether oxygens (including phenoxy) is 2. The van der Waals surface area contributed by atoms with Crippen molar-refractivity contribution in [3.05, 3.63) is 64.5 Å². The van der Waals surface area contributed by atoms with E-state index in [1.807, 2.05) is 13.0 Å². The van der Waals surface area contributed by atoms with Gasteiger partial charge in [-0.05, 0) is 30.7 Å². The number of hydrogen-bond donors (Lipinski definition) is 1. The number of amides is 1. The summed E-state index contributed by atoms with van der Waals surface area (Å²) in [7, 11) is 1.49. The molecule has 0 saturated heterocycles. The molecule has 2 aromatic carbocycles. The first-order valence-electron chi connectivity index (χ1n) is 8.28. The fourth-order valence-corrected chi connectivity index (χ4v) is 2.53. The van der Waals surface area contributed by atoms with E-state index in [1.165, 1.54) is 13.2 Å². The summed E-state index contributed by atoms with van der Waals surface area (Å²) in [4.78, 5) is 24.9. The van der Waals surface area contributed by atoms with E-state index in [-0.39, 0.29) is 5.56 Å². The average molecular weight is 353 g/mol. The van der Waals surface area contributed by atoms with Crippen LogP contribution in [-0.2, 0) is 0 Å². The SMILES string of the molecule is CCCOc1ccccc1NC(=O)c1cc2cccc(OC)c2oc1=O. The molecule has 0 bridgehead atoms. The van der Waals surface area contributed by atoms with Gasteiger partial charge >= 0.3 is 5.63 Å². The van der Waals surface area contributed by atoms with E-state index >= 15 is 0 Å². The van der Waals surface area contributed by atoms with Gasteiger partial charge in [-0.25, -0.2) is 4.79 Å². The van der Waals surface area contributed by atoms with E-state index in [1.54, 1.807) is 36.4 Å². The monoisotopic (exact) mass is 353 g/mol. The summed E-state index contributed by atoms with van der Waals surface area (Å²) in [6.07, 6.45) is 0.846. The third-order valence-electron chi connectivity index (χ3n) is 3.79. The van der Waals surface area contributed by atoms with Crippen LogP contribution in [0, 0.1) is 0 Å². The number of rotatable bonds is 6. The van der Waals surface area contributed by atoms with Crippen LogP contribution in [0.5, 0.6) is 11.5 Å². The average Bonchev–Trinajstić information content (AvgIpc) is 2.66. The fourth-order valence-electron chi connectivity index (χ4n) is 2.53. The number of carbonyl (C=O) groups is 1. The van der Waals surface area contributed by atoms with Crippen molar-refractivity contribution in [2.24, 2.45) is 0 Å². The van der Waals surface area contributed by atoms with E-state index in [0.29, 0.717) is 34.8 Å². The van der Waals surface area contributed by atoms with Crippen molar-refractivity contribution in [3.63, 3.8) is 0 Å². The van der Waals surface area contributed by atoms with Crippen LogP contribution in [0.2, 0.25) is 0 Å². The molecule has 3 aromatic rings. The first-order valence-corrected chi connectivity index (χ1v) is 8.28. The lowest BCUT2D eigenvalue weighted by atomic mass is 10.1. The molecular weight excluding hydrogens is 334 g/mol. The van der Waals surface area contributed by atoms with Gasteiger partial charge in [-0.1, -0.05) is 31.2 Å². The molecule has 1 amide bonds. The Labute approximate surface area is 150 Å². The third kappa shape index (κ3) is 3.54. The first kappa shape index (κ1) is 17.5. The van der Waals surface area contributed by atoms with Gasteiger partial charge in [-0.15, -0.1) is 0 Å². The molecule has 0 radical (unpaired) electrons. The maximum atomic E-state index is 12.6. The summed E-state index contributed by atoms with van der Waals surface area (Å²) in [6, 6.07) is 13.8. The Hall–Kier alpha value is -3.28. The Balaban J connectivity index is 1.94. The lowest BCUT2D eigenvalue weighted by Crippen LogP contribution is -2.21. The molecule has 0 atom stereocenters. The molecule has 0 aliphatic rings. The van der Waals surface area contributed by atoms with E-state index in [2.05, 4.69) is 5.32 Å². The Morgan fingerprint density at radius 2 is 1.88 bits per heavy atom. The highest BCUT2D eigenvalue weighted by Gasteiger charge is 2.17. The van der Waals surface area contributed by atoms with Gasteiger partial charge in [0.25, 0.3) is 5.91 Å². The number of carbonyl (C=O) groups excluding carboxylic acids is 1. The van der Waals surface area contributed by atoms with Crippen molar-refractivity contribution >= 4 is 22.6 Å². The van der Waals surface area contributed by atoms with Crippen LogP contribution < -0.4 is 20.4 Å². The fraction of sp³-hybridized carbons (Fsp3) is 0.200. The predicted octanol–water partition coefficient (Wildman–Crippen LogP) is 3.84. The van der Waals surface area contributed by atoms with Gasteiger partial charge in [0.15, 0.2) is 11.3 Å². The summed E-state index contributed by atoms with van der Waals surface area (Å²) < 4.78 is 16.1.